The molecule has 6 nitrogen and oxygen atoms in total. The first-order valence-corrected chi connectivity index (χ1v) is 9.93. The Labute approximate surface area is 167 Å². The summed E-state index contributed by atoms with van der Waals surface area (Å²) in [4.78, 5) is 25.4. The molecule has 0 N–H and O–H groups in total. The van der Waals surface area contributed by atoms with Crippen LogP contribution in [0.5, 0.6) is 0 Å². The summed E-state index contributed by atoms with van der Waals surface area (Å²) in [6.45, 7) is 1.29. The number of hydrogen-bond acceptors (Lipinski definition) is 5. The van der Waals surface area contributed by atoms with Crippen molar-refractivity contribution >= 4 is 23.3 Å². The van der Waals surface area contributed by atoms with Gasteiger partial charge in [-0.2, -0.15) is 0 Å². The summed E-state index contributed by atoms with van der Waals surface area (Å²) in [5, 5.41) is 0.395. The van der Waals surface area contributed by atoms with Gasteiger partial charge in [-0.25, -0.2) is 14.4 Å². The maximum Gasteiger partial charge on any atom is 0.257 e. The van der Waals surface area contributed by atoms with Crippen LogP contribution in [-0.2, 0) is 9.53 Å². The van der Waals surface area contributed by atoms with E-state index in [1.54, 1.807) is 23.1 Å². The average molecular weight is 403 g/mol. The normalized spacial score (nSPS) is 26.1. The number of anilines is 1. The molecule has 3 fully saturated rings. The summed E-state index contributed by atoms with van der Waals surface area (Å²) in [5.74, 6) is 0.478. The van der Waals surface area contributed by atoms with Crippen molar-refractivity contribution in [3.63, 3.8) is 0 Å². The largest absolute Gasteiger partial charge is 0.356 e. The Bertz CT molecular complexity index is 919. The number of rotatable bonds is 2. The van der Waals surface area contributed by atoms with Crippen molar-refractivity contribution in [2.75, 3.05) is 18.0 Å². The van der Waals surface area contributed by atoms with Crippen LogP contribution in [0.25, 0.3) is 0 Å². The molecule has 8 heteroatoms. The van der Waals surface area contributed by atoms with E-state index >= 15 is 0 Å². The summed E-state index contributed by atoms with van der Waals surface area (Å²) in [7, 11) is 0. The molecule has 3 aliphatic rings. The Morgan fingerprint density at radius 1 is 1.18 bits per heavy atom. The van der Waals surface area contributed by atoms with Crippen LogP contribution in [-0.4, -0.2) is 45.7 Å². The highest BCUT2D eigenvalue weighted by Gasteiger charge is 2.58. The number of nitrogens with zero attached hydrogens (tertiary/aromatic N) is 4. The molecule has 0 unspecified atom stereocenters. The topological polar surface area (TPSA) is 58.6 Å². The van der Waals surface area contributed by atoms with E-state index in [9.17, 15) is 9.18 Å². The molecule has 28 heavy (non-hydrogen) atoms. The second-order valence-electron chi connectivity index (χ2n) is 7.58. The van der Waals surface area contributed by atoms with Crippen molar-refractivity contribution in [1.82, 2.24) is 14.9 Å². The van der Waals surface area contributed by atoms with Gasteiger partial charge in [0, 0.05) is 37.6 Å². The van der Waals surface area contributed by atoms with Gasteiger partial charge in [-0.1, -0.05) is 29.8 Å². The van der Waals surface area contributed by atoms with E-state index in [1.165, 1.54) is 12.4 Å². The van der Waals surface area contributed by atoms with Gasteiger partial charge in [-0.15, -0.1) is 0 Å². The van der Waals surface area contributed by atoms with Crippen molar-refractivity contribution < 1.29 is 13.9 Å². The minimum absolute atomic E-state index is 0.0105. The molecule has 0 aliphatic carbocycles. The van der Waals surface area contributed by atoms with E-state index in [-0.39, 0.29) is 24.0 Å². The third kappa shape index (κ3) is 2.76. The minimum Gasteiger partial charge on any atom is -0.356 e. The zero-order valence-electron chi connectivity index (χ0n) is 15.2. The molecular weight excluding hydrogens is 383 g/mol. The predicted molar refractivity (Wildman–Crippen MR) is 101 cm³/mol. The summed E-state index contributed by atoms with van der Waals surface area (Å²) < 4.78 is 20.6. The molecule has 0 bridgehead atoms. The molecule has 1 amide bonds. The molecule has 2 atom stereocenters. The smallest absolute Gasteiger partial charge is 0.257 e. The van der Waals surface area contributed by atoms with Crippen LogP contribution in [0.1, 0.15) is 37.3 Å². The third-order valence-corrected chi connectivity index (χ3v) is 6.30. The van der Waals surface area contributed by atoms with Crippen molar-refractivity contribution in [1.29, 1.82) is 0 Å². The molecule has 0 radical (unpaired) electrons. The fraction of sp³-hybridized carbons (Fsp3) is 0.450. The second-order valence-corrected chi connectivity index (χ2v) is 7.97. The first-order chi connectivity index (χ1) is 13.6. The lowest BCUT2D eigenvalue weighted by atomic mass is 9.89. The van der Waals surface area contributed by atoms with Gasteiger partial charge in [-0.05, 0) is 18.9 Å². The highest BCUT2D eigenvalue weighted by molar-refractivity contribution is 6.29. The van der Waals surface area contributed by atoms with Crippen LogP contribution < -0.4 is 4.90 Å². The number of piperidine rings is 1. The quantitative estimate of drug-likeness (QED) is 0.721. The van der Waals surface area contributed by atoms with E-state index in [0.717, 1.165) is 18.7 Å². The van der Waals surface area contributed by atoms with Crippen LogP contribution in [0.2, 0.25) is 5.15 Å². The number of hydrogen-bond donors (Lipinski definition) is 0. The lowest BCUT2D eigenvalue weighted by Crippen LogP contribution is -2.50. The Morgan fingerprint density at radius 2 is 1.96 bits per heavy atom. The molecule has 1 aromatic heterocycles. The molecule has 1 spiro atoms. The van der Waals surface area contributed by atoms with Crippen LogP contribution >= 0.6 is 11.6 Å². The van der Waals surface area contributed by atoms with E-state index in [0.29, 0.717) is 36.6 Å². The number of carbonyl (C=O) groups excluding carboxylic acids is 1. The molecule has 0 saturated carbocycles. The maximum atomic E-state index is 14.3. The van der Waals surface area contributed by atoms with Crippen molar-refractivity contribution in [3.05, 3.63) is 53.2 Å². The SMILES string of the molecule is O=C1N2[C@@H](CC[C@H]2c2ccccc2F)OC12CCN(c1cc(Cl)ncn1)CC2. The van der Waals surface area contributed by atoms with Crippen molar-refractivity contribution in [2.24, 2.45) is 0 Å². The third-order valence-electron chi connectivity index (χ3n) is 6.10. The van der Waals surface area contributed by atoms with Gasteiger partial charge < -0.3 is 14.5 Å². The highest BCUT2D eigenvalue weighted by Crippen LogP contribution is 2.48. The Morgan fingerprint density at radius 3 is 2.71 bits per heavy atom. The molecule has 1 aromatic carbocycles. The number of benzene rings is 1. The van der Waals surface area contributed by atoms with Crippen molar-refractivity contribution in [2.45, 2.75) is 43.6 Å². The molecule has 3 aliphatic heterocycles. The van der Waals surface area contributed by atoms with Gasteiger partial charge >= 0.3 is 0 Å². The first kappa shape index (κ1) is 17.8. The fourth-order valence-electron chi connectivity index (χ4n) is 4.69. The van der Waals surface area contributed by atoms with E-state index < -0.39 is 5.60 Å². The lowest BCUT2D eigenvalue weighted by Gasteiger charge is -2.38. The molecule has 4 heterocycles. The Hall–Kier alpha value is -2.25. The number of fused-ring (bicyclic) bond motifs is 1. The number of amides is 1. The van der Waals surface area contributed by atoms with Crippen LogP contribution in [0.3, 0.4) is 0 Å². The van der Waals surface area contributed by atoms with Gasteiger partial charge in [0.1, 0.15) is 29.3 Å². The van der Waals surface area contributed by atoms with E-state index in [2.05, 4.69) is 14.9 Å². The molecule has 3 saturated heterocycles. The van der Waals surface area contributed by atoms with Gasteiger partial charge in [0.15, 0.2) is 5.60 Å². The highest BCUT2D eigenvalue weighted by atomic mass is 35.5. The number of aromatic nitrogens is 2. The zero-order chi connectivity index (χ0) is 19.3. The molecule has 5 rings (SSSR count). The van der Waals surface area contributed by atoms with E-state index in [1.807, 2.05) is 6.07 Å². The standard InChI is InChI=1S/C20H20ClFN4O2/c21-16-11-17(24-12-23-16)25-9-7-20(8-10-25)19(27)26-15(5-6-18(26)28-20)13-3-1-2-4-14(13)22/h1-4,11-12,15,18H,5-10H2/t15-,18+/m0/s1. The van der Waals surface area contributed by atoms with Crippen molar-refractivity contribution in [3.8, 4) is 0 Å². The van der Waals surface area contributed by atoms with Crippen LogP contribution in [0.15, 0.2) is 36.7 Å². The fourth-order valence-corrected chi connectivity index (χ4v) is 4.83. The Balaban J connectivity index is 1.35. The monoisotopic (exact) mass is 402 g/mol. The minimum atomic E-state index is -0.818. The zero-order valence-corrected chi connectivity index (χ0v) is 16.0. The van der Waals surface area contributed by atoms with Gasteiger partial charge in [-0.3, -0.25) is 4.79 Å². The molecular formula is C20H20ClFN4O2. The lowest BCUT2D eigenvalue weighted by molar-refractivity contribution is -0.140. The molecule has 146 valence electrons. The second kappa shape index (κ2) is 6.67. The van der Waals surface area contributed by atoms with Gasteiger partial charge in [0.25, 0.3) is 5.91 Å². The summed E-state index contributed by atoms with van der Waals surface area (Å²) >= 11 is 5.97. The number of carbonyl (C=O) groups is 1. The Kier molecular flexibility index (Phi) is 4.25. The van der Waals surface area contributed by atoms with Crippen LogP contribution in [0, 0.1) is 5.82 Å². The summed E-state index contributed by atoms with van der Waals surface area (Å²) in [6.07, 6.45) is 3.78. The number of halogens is 2. The van der Waals surface area contributed by atoms with Gasteiger partial charge in [0.2, 0.25) is 0 Å². The average Bonchev–Trinajstić information content (AvgIpc) is 3.21. The number of ether oxygens (including phenoxy) is 1. The van der Waals surface area contributed by atoms with Crippen LogP contribution in [0.4, 0.5) is 10.2 Å². The molecule has 2 aromatic rings. The van der Waals surface area contributed by atoms with E-state index in [4.69, 9.17) is 16.3 Å². The summed E-state index contributed by atoms with van der Waals surface area (Å²) in [5.41, 5.74) is -0.242. The van der Waals surface area contributed by atoms with Gasteiger partial charge in [0.05, 0.1) is 6.04 Å². The first-order valence-electron chi connectivity index (χ1n) is 9.55. The predicted octanol–water partition coefficient (Wildman–Crippen LogP) is 3.33. The maximum absolute atomic E-state index is 14.3. The summed E-state index contributed by atoms with van der Waals surface area (Å²) in [6, 6.07) is 8.17.